The Balaban J connectivity index is 1.21. The van der Waals surface area contributed by atoms with Gasteiger partial charge in [-0.3, -0.25) is 9.59 Å². The standard InChI is InChI=1S/C24H28ClN3O4S/c1-16(29)28-11-8-18(9-12-28)23(30)26-10-2-3-20-14-27-24(33-20)32-22-7-6-19(13-21(22)25)31-15-17-4-5-17/h2-3,6-7,13-14,17-18H,4-5,8-12,15H2,1H3,(H,26,30)/b3-2+. The van der Waals surface area contributed by atoms with Gasteiger partial charge in [-0.15, -0.1) is 0 Å². The Morgan fingerprint density at radius 2 is 2.06 bits per heavy atom. The Labute approximate surface area is 202 Å². The van der Waals surface area contributed by atoms with Crippen LogP contribution in [0, 0.1) is 11.8 Å². The van der Waals surface area contributed by atoms with Crippen molar-refractivity contribution in [2.45, 2.75) is 32.6 Å². The minimum Gasteiger partial charge on any atom is -0.493 e. The normalized spacial score (nSPS) is 16.7. The third-order valence-electron chi connectivity index (χ3n) is 5.77. The zero-order valence-electron chi connectivity index (χ0n) is 18.6. The largest absolute Gasteiger partial charge is 0.493 e. The summed E-state index contributed by atoms with van der Waals surface area (Å²) in [6, 6.07) is 5.41. The summed E-state index contributed by atoms with van der Waals surface area (Å²) < 4.78 is 11.6. The average Bonchev–Trinajstić information content (AvgIpc) is 3.54. The molecule has 9 heteroatoms. The van der Waals surface area contributed by atoms with E-state index < -0.39 is 0 Å². The summed E-state index contributed by atoms with van der Waals surface area (Å²) in [4.78, 5) is 30.7. The molecule has 2 fully saturated rings. The van der Waals surface area contributed by atoms with Crippen LogP contribution in [0.25, 0.3) is 6.08 Å². The number of nitrogens with one attached hydrogen (secondary N) is 1. The van der Waals surface area contributed by atoms with Crippen molar-refractivity contribution < 1.29 is 19.1 Å². The quantitative estimate of drug-likeness (QED) is 0.549. The van der Waals surface area contributed by atoms with Crippen molar-refractivity contribution in [2.24, 2.45) is 11.8 Å². The van der Waals surface area contributed by atoms with E-state index in [1.54, 1.807) is 30.2 Å². The SMILES string of the molecule is CC(=O)N1CCC(C(=O)NC/C=C/c2cnc(Oc3ccc(OCC4CC4)cc3Cl)s2)CC1. The van der Waals surface area contributed by atoms with Gasteiger partial charge in [-0.25, -0.2) is 4.98 Å². The molecular weight excluding hydrogens is 462 g/mol. The summed E-state index contributed by atoms with van der Waals surface area (Å²) in [5.41, 5.74) is 0. The molecule has 2 amide bonds. The second kappa shape index (κ2) is 11.0. The highest BCUT2D eigenvalue weighted by Crippen LogP contribution is 2.35. The lowest BCUT2D eigenvalue weighted by Gasteiger charge is -2.30. The van der Waals surface area contributed by atoms with Gasteiger partial charge in [-0.2, -0.15) is 0 Å². The Morgan fingerprint density at radius 3 is 2.76 bits per heavy atom. The number of aromatic nitrogens is 1. The fourth-order valence-electron chi connectivity index (χ4n) is 3.58. The second-order valence-corrected chi connectivity index (χ2v) is 9.84. The number of carbonyl (C=O) groups is 2. The van der Waals surface area contributed by atoms with Gasteiger partial charge in [0.15, 0.2) is 0 Å². The fraction of sp³-hybridized carbons (Fsp3) is 0.458. The number of thiazole rings is 1. The molecule has 1 aromatic carbocycles. The molecule has 0 bridgehead atoms. The number of piperidine rings is 1. The highest BCUT2D eigenvalue weighted by molar-refractivity contribution is 7.14. The fourth-order valence-corrected chi connectivity index (χ4v) is 4.49. The van der Waals surface area contributed by atoms with E-state index in [1.807, 2.05) is 18.2 Å². The number of likely N-dealkylation sites (tertiary alicyclic amines) is 1. The number of halogens is 1. The predicted octanol–water partition coefficient (Wildman–Crippen LogP) is 4.77. The van der Waals surface area contributed by atoms with Gasteiger partial charge < -0.3 is 19.7 Å². The van der Waals surface area contributed by atoms with E-state index >= 15 is 0 Å². The van der Waals surface area contributed by atoms with Gasteiger partial charge in [-0.1, -0.05) is 29.0 Å². The first-order chi connectivity index (χ1) is 16.0. The van der Waals surface area contributed by atoms with Crippen LogP contribution in [-0.4, -0.2) is 47.9 Å². The van der Waals surface area contributed by atoms with E-state index in [0.717, 1.165) is 17.2 Å². The van der Waals surface area contributed by atoms with Crippen molar-refractivity contribution in [3.63, 3.8) is 0 Å². The van der Waals surface area contributed by atoms with Crippen LogP contribution < -0.4 is 14.8 Å². The van der Waals surface area contributed by atoms with Crippen molar-refractivity contribution in [3.8, 4) is 16.7 Å². The maximum atomic E-state index is 12.3. The van der Waals surface area contributed by atoms with Crippen molar-refractivity contribution in [3.05, 3.63) is 40.4 Å². The zero-order valence-corrected chi connectivity index (χ0v) is 20.2. The molecule has 1 aliphatic carbocycles. The molecule has 0 radical (unpaired) electrons. The molecule has 1 aliphatic heterocycles. The number of ether oxygens (including phenoxy) is 2. The molecule has 2 heterocycles. The zero-order chi connectivity index (χ0) is 23.2. The second-order valence-electron chi connectivity index (χ2n) is 8.41. The average molecular weight is 490 g/mol. The van der Waals surface area contributed by atoms with Crippen LogP contribution in [0.1, 0.15) is 37.5 Å². The number of carbonyl (C=O) groups excluding carboxylic acids is 2. The minimum atomic E-state index is -0.0346. The summed E-state index contributed by atoms with van der Waals surface area (Å²) >= 11 is 7.73. The molecule has 1 aromatic heterocycles. The van der Waals surface area contributed by atoms with E-state index in [0.29, 0.717) is 54.4 Å². The maximum Gasteiger partial charge on any atom is 0.279 e. The van der Waals surface area contributed by atoms with Crippen molar-refractivity contribution in [1.29, 1.82) is 0 Å². The lowest BCUT2D eigenvalue weighted by Crippen LogP contribution is -2.42. The van der Waals surface area contributed by atoms with Crippen molar-refractivity contribution >= 4 is 40.8 Å². The summed E-state index contributed by atoms with van der Waals surface area (Å²) in [7, 11) is 0. The molecule has 0 atom stereocenters. The van der Waals surface area contributed by atoms with Crippen molar-refractivity contribution in [1.82, 2.24) is 15.2 Å². The highest BCUT2D eigenvalue weighted by Gasteiger charge is 2.25. The maximum absolute atomic E-state index is 12.3. The van der Waals surface area contributed by atoms with Crippen LogP contribution >= 0.6 is 22.9 Å². The molecule has 7 nitrogen and oxygen atoms in total. The molecule has 0 spiro atoms. The number of nitrogens with zero attached hydrogens (tertiary/aromatic N) is 2. The smallest absolute Gasteiger partial charge is 0.279 e. The molecule has 2 aliphatic rings. The van der Waals surface area contributed by atoms with Gasteiger partial charge in [-0.05, 0) is 49.8 Å². The highest BCUT2D eigenvalue weighted by atomic mass is 35.5. The third-order valence-corrected chi connectivity index (χ3v) is 6.91. The lowest BCUT2D eigenvalue weighted by atomic mass is 9.96. The topological polar surface area (TPSA) is 80.8 Å². The van der Waals surface area contributed by atoms with Crippen LogP contribution in [0.15, 0.2) is 30.5 Å². The molecule has 176 valence electrons. The van der Waals surface area contributed by atoms with Gasteiger partial charge in [0.1, 0.15) is 11.5 Å². The number of hydrogen-bond acceptors (Lipinski definition) is 6. The van der Waals surface area contributed by atoms with Crippen LogP contribution in [0.5, 0.6) is 16.7 Å². The van der Waals surface area contributed by atoms with E-state index in [9.17, 15) is 9.59 Å². The van der Waals surface area contributed by atoms with Gasteiger partial charge in [0.2, 0.25) is 11.8 Å². The van der Waals surface area contributed by atoms with E-state index in [2.05, 4.69) is 10.3 Å². The lowest BCUT2D eigenvalue weighted by molar-refractivity contribution is -0.133. The molecule has 33 heavy (non-hydrogen) atoms. The molecular formula is C24H28ClN3O4S. The molecule has 1 saturated heterocycles. The van der Waals surface area contributed by atoms with E-state index in [4.69, 9.17) is 21.1 Å². The van der Waals surface area contributed by atoms with Gasteiger partial charge >= 0.3 is 0 Å². The Kier molecular flexibility index (Phi) is 7.88. The van der Waals surface area contributed by atoms with Crippen LogP contribution in [0.2, 0.25) is 5.02 Å². The van der Waals surface area contributed by atoms with Gasteiger partial charge in [0.05, 0.1) is 16.5 Å². The summed E-state index contributed by atoms with van der Waals surface area (Å²) in [6.45, 7) is 4.03. The van der Waals surface area contributed by atoms with Crippen LogP contribution in [0.3, 0.4) is 0 Å². The molecule has 1 N–H and O–H groups in total. The van der Waals surface area contributed by atoms with Crippen LogP contribution in [-0.2, 0) is 9.59 Å². The Hall–Kier alpha value is -2.58. The third kappa shape index (κ3) is 6.95. The number of benzene rings is 1. The summed E-state index contributed by atoms with van der Waals surface area (Å²) in [5.74, 6) is 2.03. The molecule has 0 unspecified atom stereocenters. The monoisotopic (exact) mass is 489 g/mol. The van der Waals surface area contributed by atoms with E-state index in [1.165, 1.54) is 24.2 Å². The van der Waals surface area contributed by atoms with E-state index in [-0.39, 0.29) is 17.7 Å². The first kappa shape index (κ1) is 23.6. The molecule has 2 aromatic rings. The van der Waals surface area contributed by atoms with Crippen LogP contribution in [0.4, 0.5) is 0 Å². The van der Waals surface area contributed by atoms with Crippen molar-refractivity contribution in [2.75, 3.05) is 26.2 Å². The summed E-state index contributed by atoms with van der Waals surface area (Å²) in [6.07, 6.45) is 9.41. The predicted molar refractivity (Wildman–Crippen MR) is 129 cm³/mol. The van der Waals surface area contributed by atoms with Gasteiger partial charge in [0, 0.05) is 44.7 Å². The minimum absolute atomic E-state index is 0.0346. The molecule has 4 rings (SSSR count). The number of rotatable bonds is 9. The van der Waals surface area contributed by atoms with Gasteiger partial charge in [0.25, 0.3) is 5.19 Å². The first-order valence-corrected chi connectivity index (χ1v) is 12.4. The first-order valence-electron chi connectivity index (χ1n) is 11.2. The summed E-state index contributed by atoms with van der Waals surface area (Å²) in [5, 5.41) is 3.91. The number of hydrogen-bond donors (Lipinski definition) is 1. The Bertz CT molecular complexity index is 1010. The number of amides is 2. The Morgan fingerprint density at radius 1 is 1.27 bits per heavy atom. The molecule has 1 saturated carbocycles.